The molecule has 0 fully saturated rings. The summed E-state index contributed by atoms with van der Waals surface area (Å²) in [5.41, 5.74) is 1.60. The molecule has 13 heavy (non-hydrogen) atoms. The Morgan fingerprint density at radius 1 is 1.54 bits per heavy atom. The van der Waals surface area contributed by atoms with Gasteiger partial charge in [0.2, 0.25) is 5.78 Å². The van der Waals surface area contributed by atoms with Crippen LogP contribution < -0.4 is 0 Å². The van der Waals surface area contributed by atoms with Gasteiger partial charge < -0.3 is 4.74 Å². The first kappa shape index (κ1) is 9.86. The minimum Gasteiger partial charge on any atom is -0.376 e. The van der Waals surface area contributed by atoms with Crippen LogP contribution >= 0.6 is 0 Å². The molecule has 0 aliphatic carbocycles. The van der Waals surface area contributed by atoms with Gasteiger partial charge in [-0.3, -0.25) is 9.78 Å². The molecule has 1 aromatic heterocycles. The number of rotatable bonds is 4. The molecule has 3 nitrogen and oxygen atoms in total. The summed E-state index contributed by atoms with van der Waals surface area (Å²) in [5, 5.41) is 0. The van der Waals surface area contributed by atoms with Gasteiger partial charge >= 0.3 is 0 Å². The predicted octanol–water partition coefficient (Wildman–Crippen LogP) is 1.47. The molecule has 0 atom stereocenters. The predicted molar refractivity (Wildman–Crippen MR) is 49.8 cm³/mol. The molecule has 3 heteroatoms. The van der Waals surface area contributed by atoms with E-state index in [4.69, 9.17) is 4.74 Å². The standard InChI is InChI=1S/C10H13NO2/c1-3-8-4-5-9(11-6-8)10(12)7-13-2/h4-6H,3,7H2,1-2H3. The summed E-state index contributed by atoms with van der Waals surface area (Å²) < 4.78 is 4.73. The number of nitrogens with zero attached hydrogens (tertiary/aromatic N) is 1. The van der Waals surface area contributed by atoms with Crippen LogP contribution in [0.1, 0.15) is 23.0 Å². The van der Waals surface area contributed by atoms with E-state index in [1.54, 1.807) is 12.3 Å². The molecule has 0 saturated carbocycles. The molecule has 0 spiro atoms. The normalized spacial score (nSPS) is 10.0. The van der Waals surface area contributed by atoms with E-state index in [0.29, 0.717) is 5.69 Å². The maximum Gasteiger partial charge on any atom is 0.206 e. The second-order valence-corrected chi connectivity index (χ2v) is 2.76. The van der Waals surface area contributed by atoms with E-state index in [9.17, 15) is 4.79 Å². The highest BCUT2D eigenvalue weighted by Gasteiger charge is 2.05. The first-order valence-corrected chi connectivity index (χ1v) is 4.25. The Morgan fingerprint density at radius 3 is 2.77 bits per heavy atom. The van der Waals surface area contributed by atoms with Crippen LogP contribution in [0.15, 0.2) is 18.3 Å². The lowest BCUT2D eigenvalue weighted by Gasteiger charge is -1.99. The van der Waals surface area contributed by atoms with E-state index in [-0.39, 0.29) is 12.4 Å². The second kappa shape index (κ2) is 4.72. The zero-order chi connectivity index (χ0) is 9.68. The quantitative estimate of drug-likeness (QED) is 0.657. The average molecular weight is 179 g/mol. The molecular weight excluding hydrogens is 166 g/mol. The minimum atomic E-state index is -0.0786. The van der Waals surface area contributed by atoms with E-state index in [0.717, 1.165) is 12.0 Å². The van der Waals surface area contributed by atoms with Crippen molar-refractivity contribution in [2.45, 2.75) is 13.3 Å². The van der Waals surface area contributed by atoms with E-state index in [1.165, 1.54) is 7.11 Å². The maximum atomic E-state index is 11.3. The molecule has 0 unspecified atom stereocenters. The Hall–Kier alpha value is -1.22. The van der Waals surface area contributed by atoms with Crippen molar-refractivity contribution in [2.24, 2.45) is 0 Å². The van der Waals surface area contributed by atoms with Gasteiger partial charge in [-0.25, -0.2) is 0 Å². The van der Waals surface area contributed by atoms with Crippen LogP contribution in [0, 0.1) is 0 Å². The first-order chi connectivity index (χ1) is 6.27. The fraction of sp³-hybridized carbons (Fsp3) is 0.400. The van der Waals surface area contributed by atoms with Gasteiger partial charge in [0.25, 0.3) is 0 Å². The molecule has 0 aliphatic heterocycles. The van der Waals surface area contributed by atoms with E-state index >= 15 is 0 Å². The van der Waals surface area contributed by atoms with Crippen LogP contribution in [0.3, 0.4) is 0 Å². The van der Waals surface area contributed by atoms with Crippen LogP contribution in [0.4, 0.5) is 0 Å². The van der Waals surface area contributed by atoms with Crippen molar-refractivity contribution in [1.82, 2.24) is 4.98 Å². The number of aryl methyl sites for hydroxylation is 1. The lowest BCUT2D eigenvalue weighted by molar-refractivity contribution is 0.0843. The van der Waals surface area contributed by atoms with E-state index < -0.39 is 0 Å². The molecule has 0 aromatic carbocycles. The number of carbonyl (C=O) groups excluding carboxylic acids is 1. The van der Waals surface area contributed by atoms with Crippen LogP contribution in [-0.2, 0) is 11.2 Å². The monoisotopic (exact) mass is 179 g/mol. The Balaban J connectivity index is 2.74. The molecule has 0 radical (unpaired) electrons. The summed E-state index contributed by atoms with van der Waals surface area (Å²) in [7, 11) is 1.50. The van der Waals surface area contributed by atoms with Gasteiger partial charge in [0.1, 0.15) is 12.3 Å². The zero-order valence-corrected chi connectivity index (χ0v) is 7.91. The SMILES string of the molecule is CCc1ccc(C(=O)COC)nc1. The number of carbonyl (C=O) groups is 1. The number of ether oxygens (including phenoxy) is 1. The third-order valence-corrected chi connectivity index (χ3v) is 1.79. The first-order valence-electron chi connectivity index (χ1n) is 4.25. The summed E-state index contributed by atoms with van der Waals surface area (Å²) in [4.78, 5) is 15.3. The van der Waals surface area contributed by atoms with Crippen molar-refractivity contribution in [3.05, 3.63) is 29.6 Å². The van der Waals surface area contributed by atoms with Crippen LogP contribution in [0.25, 0.3) is 0 Å². The molecule has 0 bridgehead atoms. The van der Waals surface area contributed by atoms with E-state index in [1.807, 2.05) is 13.0 Å². The Kier molecular flexibility index (Phi) is 3.58. The van der Waals surface area contributed by atoms with Gasteiger partial charge in [-0.05, 0) is 18.1 Å². The van der Waals surface area contributed by atoms with Crippen LogP contribution in [0.2, 0.25) is 0 Å². The lowest BCUT2D eigenvalue weighted by atomic mass is 10.2. The third kappa shape index (κ3) is 2.63. The van der Waals surface area contributed by atoms with Crippen molar-refractivity contribution < 1.29 is 9.53 Å². The fourth-order valence-electron chi connectivity index (χ4n) is 1.00. The molecule has 1 aromatic rings. The topological polar surface area (TPSA) is 39.2 Å². The Bertz CT molecular complexity index is 279. The smallest absolute Gasteiger partial charge is 0.206 e. The van der Waals surface area contributed by atoms with E-state index in [2.05, 4.69) is 4.98 Å². The number of methoxy groups -OCH3 is 1. The Labute approximate surface area is 77.8 Å². The summed E-state index contributed by atoms with van der Waals surface area (Å²) >= 11 is 0. The highest BCUT2D eigenvalue weighted by atomic mass is 16.5. The van der Waals surface area contributed by atoms with Gasteiger partial charge in [0.05, 0.1) is 0 Å². The maximum absolute atomic E-state index is 11.3. The number of hydrogen-bond donors (Lipinski definition) is 0. The average Bonchev–Trinajstić information content (AvgIpc) is 2.18. The number of pyridine rings is 1. The van der Waals surface area contributed by atoms with Crippen molar-refractivity contribution in [1.29, 1.82) is 0 Å². The van der Waals surface area contributed by atoms with Crippen LogP contribution in [-0.4, -0.2) is 24.5 Å². The van der Waals surface area contributed by atoms with Gasteiger partial charge in [0.15, 0.2) is 0 Å². The molecule has 0 N–H and O–H groups in total. The molecule has 0 saturated heterocycles. The zero-order valence-electron chi connectivity index (χ0n) is 7.91. The molecule has 1 heterocycles. The molecular formula is C10H13NO2. The van der Waals surface area contributed by atoms with Crippen LogP contribution in [0.5, 0.6) is 0 Å². The summed E-state index contributed by atoms with van der Waals surface area (Å²) in [5.74, 6) is -0.0786. The van der Waals surface area contributed by atoms with Crippen molar-refractivity contribution in [3.63, 3.8) is 0 Å². The molecule has 1 rings (SSSR count). The summed E-state index contributed by atoms with van der Waals surface area (Å²) in [6.07, 6.45) is 2.66. The Morgan fingerprint density at radius 2 is 2.31 bits per heavy atom. The van der Waals surface area contributed by atoms with Gasteiger partial charge in [-0.1, -0.05) is 13.0 Å². The van der Waals surface area contributed by atoms with Crippen molar-refractivity contribution in [3.8, 4) is 0 Å². The molecule has 0 amide bonds. The third-order valence-electron chi connectivity index (χ3n) is 1.79. The second-order valence-electron chi connectivity index (χ2n) is 2.76. The summed E-state index contributed by atoms with van der Waals surface area (Å²) in [6.45, 7) is 2.14. The van der Waals surface area contributed by atoms with Crippen molar-refractivity contribution in [2.75, 3.05) is 13.7 Å². The minimum absolute atomic E-state index is 0.0786. The largest absolute Gasteiger partial charge is 0.376 e. The molecule has 0 aliphatic rings. The highest BCUT2D eigenvalue weighted by Crippen LogP contribution is 2.01. The summed E-state index contributed by atoms with van der Waals surface area (Å²) in [6, 6.07) is 3.65. The number of ketones is 1. The number of hydrogen-bond acceptors (Lipinski definition) is 3. The fourth-order valence-corrected chi connectivity index (χ4v) is 1.00. The lowest BCUT2D eigenvalue weighted by Crippen LogP contribution is -2.08. The number of aromatic nitrogens is 1. The van der Waals surface area contributed by atoms with Crippen molar-refractivity contribution >= 4 is 5.78 Å². The van der Waals surface area contributed by atoms with Gasteiger partial charge in [-0.2, -0.15) is 0 Å². The highest BCUT2D eigenvalue weighted by molar-refractivity contribution is 5.95. The molecule has 70 valence electrons. The van der Waals surface area contributed by atoms with Gasteiger partial charge in [-0.15, -0.1) is 0 Å². The number of Topliss-reactive ketones (excluding diaryl/α,β-unsaturated/α-hetero) is 1. The van der Waals surface area contributed by atoms with Gasteiger partial charge in [0, 0.05) is 13.3 Å².